The molecule has 18 nitrogen and oxygen atoms in total. The third-order valence-corrected chi connectivity index (χ3v) is 17.4. The number of ether oxygens (including phenoxy) is 1. The molecule has 436 valence electrons. The Balaban J connectivity index is 0.000000619. The molecule has 0 radical (unpaired) electrons. The van der Waals surface area contributed by atoms with E-state index >= 15 is 0 Å². The number of carbonyl (C=O) groups excluding carboxylic acids is 4. The number of phenolic OH excluding ortho intramolecular Hbond substituents is 1. The molecule has 0 fully saturated rings. The predicted octanol–water partition coefficient (Wildman–Crippen LogP) is 12.1. The van der Waals surface area contributed by atoms with Gasteiger partial charge in [-0.1, -0.05) is 25.7 Å². The average molecular weight is 1220 g/mol. The Kier molecular flexibility index (Phi) is 27.5. The molecule has 2 atom stereocenters. The summed E-state index contributed by atoms with van der Waals surface area (Å²) in [6.07, 6.45) is 1.12. The molecule has 0 saturated carbocycles. The van der Waals surface area contributed by atoms with E-state index in [0.29, 0.717) is 91.5 Å². The molecule has 3 heterocycles. The second-order valence-electron chi connectivity index (χ2n) is 19.7. The van der Waals surface area contributed by atoms with E-state index in [-0.39, 0.29) is 86.2 Å². The van der Waals surface area contributed by atoms with Gasteiger partial charge in [-0.05, 0) is 143 Å². The first-order valence-corrected chi connectivity index (χ1v) is 30.1. The van der Waals surface area contributed by atoms with Gasteiger partial charge in [-0.15, -0.1) is 0 Å². The second-order valence-corrected chi connectivity index (χ2v) is 23.9. The predicted molar refractivity (Wildman–Crippen MR) is 297 cm³/mol. The zero-order valence-electron chi connectivity index (χ0n) is 46.0. The summed E-state index contributed by atoms with van der Waals surface area (Å²) in [6.45, 7) is 13.9. The van der Waals surface area contributed by atoms with Crippen LogP contribution in [-0.4, -0.2) is 84.5 Å². The van der Waals surface area contributed by atoms with E-state index in [9.17, 15) is 51.6 Å². The molecular formula is C55H73BrF3N3O15P2. The number of benzene rings is 2. The maximum absolute atomic E-state index is 14.7. The number of alkyl halides is 3. The minimum absolute atomic E-state index is 0.0397. The number of hydrogen-bond donors (Lipinski definition) is 2. The van der Waals surface area contributed by atoms with E-state index in [4.69, 9.17) is 36.9 Å². The number of nitrogens with one attached hydrogen (secondary N) is 1. The second kappa shape index (κ2) is 32.6. The number of hydrogen-bond acceptors (Lipinski definition) is 17. The van der Waals surface area contributed by atoms with Crippen LogP contribution in [0.3, 0.4) is 0 Å². The number of halogens is 4. The zero-order valence-corrected chi connectivity index (χ0v) is 49.4. The first kappa shape index (κ1) is 66.7. The van der Waals surface area contributed by atoms with Gasteiger partial charge in [0.25, 0.3) is 8.53 Å². The number of aryl methyl sites for hydroxylation is 4. The van der Waals surface area contributed by atoms with Crippen molar-refractivity contribution in [3.05, 3.63) is 71.8 Å². The average Bonchev–Trinajstić information content (AvgIpc) is 3.51. The highest BCUT2D eigenvalue weighted by atomic mass is 79.9. The molecule has 2 unspecified atom stereocenters. The molecule has 0 spiro atoms. The van der Waals surface area contributed by atoms with Gasteiger partial charge in [0.05, 0.1) is 45.3 Å². The van der Waals surface area contributed by atoms with Crippen LogP contribution in [0.1, 0.15) is 153 Å². The SMILES string of the molecule is CC(=O)NCCCCOP(=O)(OCCCCCC(=O)C(F)(F)F)c1c(O)c(CCC(=O)CCCCCCCOP(OCCC#N)N(C(C)C)C(C)C)cc2c(C)cc(=O)oc12.Cc1cc(=O)oc2c(Br)c3c(cc12)CCC(=O)O3. The Morgan fingerprint density at radius 1 is 0.797 bits per heavy atom. The van der Waals surface area contributed by atoms with E-state index in [1.54, 1.807) is 13.0 Å². The quantitative estimate of drug-likeness (QED) is 0.0152. The Morgan fingerprint density at radius 3 is 1.97 bits per heavy atom. The van der Waals surface area contributed by atoms with Gasteiger partial charge >= 0.3 is 31.0 Å². The van der Waals surface area contributed by atoms with E-state index < -0.39 is 56.8 Å². The fourth-order valence-corrected chi connectivity index (χ4v) is 12.8. The highest BCUT2D eigenvalue weighted by molar-refractivity contribution is 9.10. The first-order valence-electron chi connectivity index (χ1n) is 26.6. The largest absolute Gasteiger partial charge is 0.507 e. The van der Waals surface area contributed by atoms with Crippen LogP contribution in [0.25, 0.3) is 21.9 Å². The molecule has 1 amide bonds. The number of aromatic hydroxyl groups is 1. The van der Waals surface area contributed by atoms with Gasteiger partial charge in [0.2, 0.25) is 11.7 Å². The number of amides is 1. The molecule has 0 bridgehead atoms. The lowest BCUT2D eigenvalue weighted by molar-refractivity contribution is -0.171. The number of Topliss-reactive ketones (excluding diaryl/α,β-unsaturated/α-hetero) is 2. The minimum Gasteiger partial charge on any atom is -0.507 e. The van der Waals surface area contributed by atoms with Crippen molar-refractivity contribution in [1.82, 2.24) is 9.99 Å². The summed E-state index contributed by atoms with van der Waals surface area (Å²) in [7, 11) is -5.82. The van der Waals surface area contributed by atoms with Crippen molar-refractivity contribution in [3.63, 3.8) is 0 Å². The number of unbranched alkanes of at least 4 members (excludes halogenated alkanes) is 7. The smallest absolute Gasteiger partial charge is 0.449 e. The highest BCUT2D eigenvalue weighted by Gasteiger charge is 2.38. The fourth-order valence-electron chi connectivity index (χ4n) is 8.61. The van der Waals surface area contributed by atoms with Gasteiger partial charge in [-0.3, -0.25) is 23.7 Å². The van der Waals surface area contributed by atoms with Crippen molar-refractivity contribution in [1.29, 1.82) is 5.26 Å². The molecule has 79 heavy (non-hydrogen) atoms. The molecule has 0 aliphatic carbocycles. The molecule has 1 aliphatic rings. The maximum Gasteiger partial charge on any atom is 0.449 e. The topological polar surface area (TPSA) is 251 Å². The number of ketones is 2. The summed E-state index contributed by atoms with van der Waals surface area (Å²) >= 11 is 3.35. The standard InChI is InChI=1S/C42H64F3N3O11P2.C13H9BrO4/c1-30(2)48(31(3)4)60(56-25-17-22-46)55-24-14-9-7-8-11-18-35(50)21-20-34-29-36-32(5)28-38(52)59-40(36)41(39(34)53)61(54,58-27-16-13-23-47-33(6)49)57-26-15-10-12-19-37(51)42(43,44)45;1-6-4-10(16)18-13-8(6)5-7-2-3-9(15)17-12(7)11(13)14/h28-31,53H,7-21,23-27H2,1-6H3,(H,47,49);4-5H,2-3H2,1H3. The number of fused-ring (bicyclic) bond motifs is 3. The van der Waals surface area contributed by atoms with Gasteiger partial charge < -0.3 is 42.1 Å². The normalized spacial score (nSPS) is 13.7. The van der Waals surface area contributed by atoms with Crippen LogP contribution in [0.5, 0.6) is 11.5 Å². The molecule has 2 N–H and O–H groups in total. The molecule has 2 aromatic carbocycles. The third kappa shape index (κ3) is 20.9. The monoisotopic (exact) mass is 1210 g/mol. The van der Waals surface area contributed by atoms with Crippen LogP contribution in [0, 0.1) is 25.2 Å². The Labute approximate surface area is 468 Å². The van der Waals surface area contributed by atoms with Crippen molar-refractivity contribution in [3.8, 4) is 17.6 Å². The summed E-state index contributed by atoms with van der Waals surface area (Å²) < 4.78 is 94.9. The van der Waals surface area contributed by atoms with Crippen molar-refractivity contribution >= 4 is 82.7 Å². The van der Waals surface area contributed by atoms with Gasteiger partial charge in [-0.2, -0.15) is 18.4 Å². The summed E-state index contributed by atoms with van der Waals surface area (Å²) in [5.41, 5.74) is 1.50. The molecule has 24 heteroatoms. The third-order valence-electron chi connectivity index (χ3n) is 12.5. The minimum atomic E-state index is -4.93. The lowest BCUT2D eigenvalue weighted by atomic mass is 10.00. The van der Waals surface area contributed by atoms with Crippen LogP contribution in [-0.2, 0) is 54.7 Å². The number of carbonyl (C=O) groups is 4. The summed E-state index contributed by atoms with van der Waals surface area (Å²) in [4.78, 5) is 70.9. The van der Waals surface area contributed by atoms with Crippen molar-refractivity contribution < 1.29 is 73.7 Å². The van der Waals surface area contributed by atoms with E-state index in [0.717, 1.165) is 42.2 Å². The molecule has 2 aromatic heterocycles. The van der Waals surface area contributed by atoms with Crippen LogP contribution in [0.2, 0.25) is 0 Å². The molecule has 4 aromatic rings. The Morgan fingerprint density at radius 2 is 1.35 bits per heavy atom. The molecule has 0 saturated heterocycles. The van der Waals surface area contributed by atoms with Crippen LogP contribution >= 0.6 is 32.1 Å². The van der Waals surface area contributed by atoms with Crippen molar-refractivity contribution in [2.75, 3.05) is 33.0 Å². The van der Waals surface area contributed by atoms with Crippen LogP contribution < -0.4 is 26.6 Å². The van der Waals surface area contributed by atoms with Gasteiger partial charge in [-0.25, -0.2) is 14.3 Å². The maximum atomic E-state index is 14.7. The van der Waals surface area contributed by atoms with E-state index in [1.807, 2.05) is 13.0 Å². The molecule has 5 rings (SSSR count). The van der Waals surface area contributed by atoms with Crippen LogP contribution in [0.4, 0.5) is 13.2 Å². The number of nitrogens with zero attached hydrogens (tertiary/aromatic N) is 2. The van der Waals surface area contributed by atoms with Gasteiger partial charge in [0.1, 0.15) is 21.3 Å². The van der Waals surface area contributed by atoms with Crippen molar-refractivity contribution in [2.24, 2.45) is 0 Å². The fraction of sp³-hybridized carbons (Fsp3) is 0.582. The summed E-state index contributed by atoms with van der Waals surface area (Å²) in [5, 5.41) is 24.0. The number of rotatable bonds is 32. The lowest BCUT2D eigenvalue weighted by Crippen LogP contribution is -2.33. The van der Waals surface area contributed by atoms with Gasteiger partial charge in [0, 0.05) is 67.7 Å². The van der Waals surface area contributed by atoms with E-state index in [2.05, 4.69) is 59.7 Å². The number of esters is 1. The Bertz CT molecular complexity index is 2930. The molecule has 1 aliphatic heterocycles. The Hall–Kier alpha value is -4.84. The van der Waals surface area contributed by atoms with E-state index in [1.165, 1.54) is 19.1 Å². The first-order chi connectivity index (χ1) is 37.4. The van der Waals surface area contributed by atoms with Crippen molar-refractivity contribution in [2.45, 2.75) is 176 Å². The summed E-state index contributed by atoms with van der Waals surface area (Å²) in [6, 6.07) is 8.70. The number of nitriles is 1. The lowest BCUT2D eigenvalue weighted by Gasteiger charge is -2.35. The summed E-state index contributed by atoms with van der Waals surface area (Å²) in [5.74, 6) is -2.45. The molecular weight excluding hydrogens is 1140 g/mol. The highest BCUT2D eigenvalue weighted by Crippen LogP contribution is 2.53. The van der Waals surface area contributed by atoms with Crippen LogP contribution in [0.15, 0.2) is 47.2 Å². The van der Waals surface area contributed by atoms with Gasteiger partial charge in [0.15, 0.2) is 16.9 Å². The zero-order chi connectivity index (χ0) is 58.5. The number of phenols is 1.